The minimum atomic E-state index is -1.34. The minimum absolute atomic E-state index is 0.123. The van der Waals surface area contributed by atoms with Crippen LogP contribution in [0, 0.1) is 5.82 Å². The number of nitrogens with two attached hydrogens (primary N) is 1. The normalized spacial score (nSPS) is 18.9. The fourth-order valence-electron chi connectivity index (χ4n) is 7.33. The number of allylic oxidation sites excluding steroid dienone is 1. The van der Waals surface area contributed by atoms with Crippen LogP contribution >= 0.6 is 23.1 Å². The Hall–Kier alpha value is -6.58. The van der Waals surface area contributed by atoms with E-state index in [0.29, 0.717) is 24.1 Å². The van der Waals surface area contributed by atoms with E-state index in [9.17, 15) is 28.7 Å². The number of likely N-dealkylation sites (tertiary alicyclic amines) is 1. The van der Waals surface area contributed by atoms with E-state index in [4.69, 9.17) is 10.6 Å². The smallest absolute Gasteiger partial charge is 0.352 e. The second-order valence-corrected chi connectivity index (χ2v) is 15.7. The number of β-lactam (4-membered cyclic amide) rings is 1. The van der Waals surface area contributed by atoms with Gasteiger partial charge in [0.15, 0.2) is 10.8 Å². The highest BCUT2D eigenvalue weighted by atomic mass is 32.2. The predicted octanol–water partition coefficient (Wildman–Crippen LogP) is 5.67. The number of nitrogens with one attached hydrogen (secondary N) is 1. The molecule has 0 radical (unpaired) electrons. The number of hydrogen-bond acceptors (Lipinski definition) is 10. The molecule has 2 atom stereocenters. The number of fused-ring (bicyclic) bond motifs is 1. The molecule has 0 unspecified atom stereocenters. The van der Waals surface area contributed by atoms with Gasteiger partial charge in [0.25, 0.3) is 11.8 Å². The first-order valence-electron chi connectivity index (χ1n) is 18.2. The van der Waals surface area contributed by atoms with Crippen molar-refractivity contribution in [3.63, 3.8) is 0 Å². The van der Waals surface area contributed by atoms with E-state index in [1.165, 1.54) is 23.9 Å². The van der Waals surface area contributed by atoms with E-state index >= 15 is 0 Å². The summed E-state index contributed by atoms with van der Waals surface area (Å²) in [6.45, 7) is 0.686. The van der Waals surface area contributed by atoms with E-state index in [0.717, 1.165) is 38.5 Å². The highest BCUT2D eigenvalue weighted by molar-refractivity contribution is 8.00. The van der Waals surface area contributed by atoms with E-state index in [1.807, 2.05) is 91.0 Å². The highest BCUT2D eigenvalue weighted by Gasteiger charge is 2.54. The van der Waals surface area contributed by atoms with Crippen molar-refractivity contribution in [1.82, 2.24) is 20.1 Å². The Kier molecular flexibility index (Phi) is 10.6. The lowest BCUT2D eigenvalue weighted by Crippen LogP contribution is -2.71. The van der Waals surface area contributed by atoms with Crippen LogP contribution < -0.4 is 11.1 Å². The summed E-state index contributed by atoms with van der Waals surface area (Å²) < 4.78 is 13.4. The van der Waals surface area contributed by atoms with Crippen molar-refractivity contribution in [2.75, 3.05) is 18.0 Å². The van der Waals surface area contributed by atoms with Gasteiger partial charge in [-0.3, -0.25) is 19.3 Å². The summed E-state index contributed by atoms with van der Waals surface area (Å²) in [4.78, 5) is 67.7. The number of halogens is 1. The van der Waals surface area contributed by atoms with Crippen molar-refractivity contribution < 1.29 is 33.5 Å². The molecule has 8 rings (SSSR count). The van der Waals surface area contributed by atoms with Crippen LogP contribution in [0.3, 0.4) is 0 Å². The van der Waals surface area contributed by atoms with Crippen molar-refractivity contribution in [1.29, 1.82) is 0 Å². The van der Waals surface area contributed by atoms with E-state index in [2.05, 4.69) is 15.5 Å². The number of benzene rings is 4. The molecular weight excluding hydrogens is 780 g/mol. The topological polar surface area (TPSA) is 168 Å². The lowest BCUT2D eigenvalue weighted by molar-refractivity contribution is -0.150. The van der Waals surface area contributed by atoms with Crippen molar-refractivity contribution in [2.24, 2.45) is 5.16 Å². The highest BCUT2D eigenvalue weighted by Crippen LogP contribution is 2.43. The maximum absolute atomic E-state index is 14.3. The van der Waals surface area contributed by atoms with Gasteiger partial charge in [0.1, 0.15) is 28.6 Å². The number of thiazole rings is 1. The van der Waals surface area contributed by atoms with Gasteiger partial charge in [0.2, 0.25) is 11.5 Å². The monoisotopic (exact) mass is 814 g/mol. The number of thioether (sulfide) groups is 1. The second kappa shape index (κ2) is 16.1. The maximum Gasteiger partial charge on any atom is 0.352 e. The number of nitrogens with zero attached hydrogens (tertiary/aromatic N) is 4. The Morgan fingerprint density at radius 3 is 2.10 bits per heavy atom. The molecule has 1 aromatic heterocycles. The molecule has 2 saturated heterocycles. The fourth-order valence-corrected chi connectivity index (χ4v) is 9.18. The Bertz CT molecular complexity index is 2380. The summed E-state index contributed by atoms with van der Waals surface area (Å²) in [5.74, 6) is -3.23. The summed E-state index contributed by atoms with van der Waals surface area (Å²) in [5, 5.41) is 18.6. The molecule has 4 N–H and O–H groups in total. The van der Waals surface area contributed by atoms with Gasteiger partial charge >= 0.3 is 5.97 Å². The molecule has 58 heavy (non-hydrogen) atoms. The van der Waals surface area contributed by atoms with Crippen LogP contribution in [0.25, 0.3) is 0 Å². The van der Waals surface area contributed by atoms with E-state index in [1.54, 1.807) is 28.5 Å². The lowest BCUT2D eigenvalue weighted by Gasteiger charge is -2.49. The first kappa shape index (κ1) is 38.3. The number of nitrogen functional groups attached to an aromatic ring is 1. The second-order valence-electron chi connectivity index (χ2n) is 13.7. The third-order valence-corrected chi connectivity index (χ3v) is 12.1. The van der Waals surface area contributed by atoms with Crippen molar-refractivity contribution in [2.45, 2.75) is 30.0 Å². The molecule has 292 valence electrons. The number of carboxylic acid groups (broad SMARTS) is 1. The molecule has 3 aliphatic heterocycles. The largest absolute Gasteiger partial charge is 0.477 e. The summed E-state index contributed by atoms with van der Waals surface area (Å²) in [5.41, 5.74) is 7.99. The molecule has 0 bridgehead atoms. The summed E-state index contributed by atoms with van der Waals surface area (Å²) >= 11 is 2.37. The van der Waals surface area contributed by atoms with Crippen molar-refractivity contribution >= 4 is 57.6 Å². The van der Waals surface area contributed by atoms with Crippen LogP contribution in [0.5, 0.6) is 0 Å². The number of carbonyl (C=O) groups is 4. The summed E-state index contributed by atoms with van der Waals surface area (Å²) in [7, 11) is 0. The SMILES string of the molecule is Nc1nc(/C(=N/OC(c2ccccc2)(c2ccccc2)c2ccccc2)C(=O)N[C@@H]2C(=O)N3C(C(=O)O)=C(/C=C4\CCN(Cc5ccc(F)cc5)C4=O)CS[C@H]23)cs1. The van der Waals surface area contributed by atoms with Crippen LogP contribution in [0.1, 0.15) is 34.4 Å². The van der Waals surface area contributed by atoms with Crippen molar-refractivity contribution in [3.05, 3.63) is 177 Å². The number of amides is 3. The molecule has 5 aromatic rings. The van der Waals surface area contributed by atoms with E-state index in [-0.39, 0.29) is 46.3 Å². The minimum Gasteiger partial charge on any atom is -0.477 e. The average molecular weight is 815 g/mol. The number of rotatable bonds is 12. The number of anilines is 1. The van der Waals surface area contributed by atoms with Crippen LogP contribution in [-0.4, -0.2) is 73.0 Å². The zero-order valence-electron chi connectivity index (χ0n) is 30.7. The molecule has 15 heteroatoms. The Balaban J connectivity index is 1.07. The third kappa shape index (κ3) is 7.25. The first-order valence-corrected chi connectivity index (χ1v) is 20.2. The molecule has 0 aliphatic carbocycles. The number of carbonyl (C=O) groups excluding carboxylic acids is 3. The Labute approximate surface area is 340 Å². The van der Waals surface area contributed by atoms with Gasteiger partial charge in [-0.25, -0.2) is 14.2 Å². The standard InChI is InChI=1S/C43H35FN6O6S2/c44-32-18-16-26(17-19-32)23-49-21-20-27(38(49)52)22-28-24-57-40-35(39(53)50(40)36(28)41(54)55)47-37(51)34(33-25-58-42(45)46-33)48-56-43(29-10-4-1-5-11-29,30-12-6-2-7-13-30)31-14-8-3-9-15-31/h1-19,22,25,35,40H,20-21,23-24H2,(H2,45,46)(H,47,51)(H,54,55)/b27-22+,48-34-/t35-,40-/m1/s1. The molecule has 3 amide bonds. The van der Waals surface area contributed by atoms with Crippen molar-refractivity contribution in [3.8, 4) is 0 Å². The predicted molar refractivity (Wildman–Crippen MR) is 218 cm³/mol. The van der Waals surface area contributed by atoms with Crippen LogP contribution in [0.4, 0.5) is 9.52 Å². The summed E-state index contributed by atoms with van der Waals surface area (Å²) in [6.07, 6.45) is 1.93. The van der Waals surface area contributed by atoms with Gasteiger partial charge in [-0.05, 0) is 35.8 Å². The summed E-state index contributed by atoms with van der Waals surface area (Å²) in [6, 6.07) is 33.1. The zero-order valence-corrected chi connectivity index (χ0v) is 32.3. The third-order valence-electron chi connectivity index (χ3n) is 10.1. The van der Waals surface area contributed by atoms with Gasteiger partial charge in [0.05, 0.1) is 0 Å². The van der Waals surface area contributed by atoms with Gasteiger partial charge in [-0.1, -0.05) is 108 Å². The molecule has 4 aromatic carbocycles. The fraction of sp³-hybridized carbons (Fsp3) is 0.163. The van der Waals surface area contributed by atoms with E-state index < -0.39 is 34.8 Å². The molecule has 12 nitrogen and oxygen atoms in total. The number of carboxylic acids is 1. The van der Waals surface area contributed by atoms with Gasteiger partial charge < -0.3 is 25.9 Å². The molecule has 4 heterocycles. The van der Waals surface area contributed by atoms with Gasteiger partial charge in [0, 0.05) is 46.5 Å². The number of aromatic nitrogens is 1. The molecule has 0 spiro atoms. The first-order chi connectivity index (χ1) is 28.1. The molecular formula is C43H35FN6O6S2. The van der Waals surface area contributed by atoms with Gasteiger partial charge in [-0.2, -0.15) is 0 Å². The molecule has 0 saturated carbocycles. The Morgan fingerprint density at radius 2 is 1.55 bits per heavy atom. The molecule has 3 aliphatic rings. The molecule has 2 fully saturated rings. The number of oxime groups is 1. The maximum atomic E-state index is 14.3. The van der Waals surface area contributed by atoms with Crippen LogP contribution in [-0.2, 0) is 36.2 Å². The van der Waals surface area contributed by atoms with Crippen LogP contribution in [0.2, 0.25) is 0 Å². The van der Waals surface area contributed by atoms with Gasteiger partial charge in [-0.15, -0.1) is 23.1 Å². The van der Waals surface area contributed by atoms with Crippen LogP contribution in [0.15, 0.2) is 149 Å². The number of aliphatic carboxylic acids is 1. The average Bonchev–Trinajstić information content (AvgIpc) is 3.83. The zero-order chi connectivity index (χ0) is 40.4. The lowest BCUT2D eigenvalue weighted by atomic mass is 9.80. The quantitative estimate of drug-likeness (QED) is 0.0473. The number of hydrogen-bond donors (Lipinski definition) is 3. The Morgan fingerprint density at radius 1 is 0.948 bits per heavy atom.